The Hall–Kier alpha value is -1.10. The number of hydrogen-bond donors (Lipinski definition) is 0. The van der Waals surface area contributed by atoms with Crippen LogP contribution in [0.3, 0.4) is 0 Å². The maximum Gasteiger partial charge on any atom is 0.118 e. The van der Waals surface area contributed by atoms with Gasteiger partial charge in [-0.15, -0.1) is 11.3 Å². The first-order chi connectivity index (χ1) is 10.2. The highest BCUT2D eigenvalue weighted by Gasteiger charge is 2.10. The molecule has 0 bridgehead atoms. The Morgan fingerprint density at radius 2 is 1.48 bits per heavy atom. The summed E-state index contributed by atoms with van der Waals surface area (Å²) in [5.41, 5.74) is 2.42. The fourth-order valence-corrected chi connectivity index (χ4v) is 4.24. The van der Waals surface area contributed by atoms with Gasteiger partial charge >= 0.3 is 0 Å². The van der Waals surface area contributed by atoms with Gasteiger partial charge in [-0.2, -0.15) is 0 Å². The van der Waals surface area contributed by atoms with E-state index in [-0.39, 0.29) is 0 Å². The Morgan fingerprint density at radius 3 is 2.10 bits per heavy atom. The molecule has 1 aromatic heterocycles. The SMILES string of the molecule is COc1ccc(-c2sc(-c3ccc(Br)cc3)cc2Br)cc1. The molecule has 0 spiro atoms. The molecule has 0 aliphatic heterocycles. The van der Waals surface area contributed by atoms with Crippen LogP contribution in [0.1, 0.15) is 0 Å². The molecule has 0 aliphatic rings. The summed E-state index contributed by atoms with van der Waals surface area (Å²) in [6, 6.07) is 18.7. The highest BCUT2D eigenvalue weighted by Crippen LogP contribution is 2.41. The summed E-state index contributed by atoms with van der Waals surface area (Å²) in [4.78, 5) is 2.48. The van der Waals surface area contributed by atoms with Crippen LogP contribution in [0, 0.1) is 0 Å². The first kappa shape index (κ1) is 14.8. The predicted octanol–water partition coefficient (Wildman–Crippen LogP) is 6.62. The second-order valence-electron chi connectivity index (χ2n) is 4.52. The molecule has 2 aromatic carbocycles. The van der Waals surface area contributed by atoms with Gasteiger partial charge in [0, 0.05) is 18.7 Å². The fraction of sp³-hybridized carbons (Fsp3) is 0.0588. The normalized spacial score (nSPS) is 10.6. The van der Waals surface area contributed by atoms with Gasteiger partial charge in [0.2, 0.25) is 0 Å². The van der Waals surface area contributed by atoms with Gasteiger partial charge < -0.3 is 4.74 Å². The molecule has 0 saturated heterocycles. The third kappa shape index (κ3) is 3.23. The van der Waals surface area contributed by atoms with Crippen molar-refractivity contribution in [1.29, 1.82) is 0 Å². The first-order valence-corrected chi connectivity index (χ1v) is 8.77. The van der Waals surface area contributed by atoms with Crippen LogP contribution in [0.15, 0.2) is 63.5 Å². The van der Waals surface area contributed by atoms with Crippen LogP contribution < -0.4 is 4.74 Å². The van der Waals surface area contributed by atoms with Gasteiger partial charge in [-0.3, -0.25) is 0 Å². The highest BCUT2D eigenvalue weighted by molar-refractivity contribution is 9.11. The Labute approximate surface area is 144 Å². The smallest absolute Gasteiger partial charge is 0.118 e. The summed E-state index contributed by atoms with van der Waals surface area (Å²) in [5.74, 6) is 0.875. The van der Waals surface area contributed by atoms with E-state index in [1.54, 1.807) is 18.4 Å². The summed E-state index contributed by atoms with van der Waals surface area (Å²) in [6.45, 7) is 0. The quantitative estimate of drug-likeness (QED) is 0.460. The van der Waals surface area contributed by atoms with Gasteiger partial charge in [-0.05, 0) is 69.5 Å². The molecule has 0 unspecified atom stereocenters. The van der Waals surface area contributed by atoms with Gasteiger partial charge in [-0.1, -0.05) is 28.1 Å². The van der Waals surface area contributed by atoms with Crippen molar-refractivity contribution < 1.29 is 4.74 Å². The van der Waals surface area contributed by atoms with Crippen LogP contribution in [0.25, 0.3) is 20.9 Å². The van der Waals surface area contributed by atoms with Gasteiger partial charge in [-0.25, -0.2) is 0 Å². The summed E-state index contributed by atoms with van der Waals surface area (Å²) >= 11 is 8.92. The molecule has 1 heterocycles. The lowest BCUT2D eigenvalue weighted by Gasteiger charge is -2.02. The Morgan fingerprint density at radius 1 is 0.857 bits per heavy atom. The van der Waals surface area contributed by atoms with Crippen LogP contribution >= 0.6 is 43.2 Å². The van der Waals surface area contributed by atoms with Crippen molar-refractivity contribution >= 4 is 43.2 Å². The van der Waals surface area contributed by atoms with Gasteiger partial charge in [0.1, 0.15) is 5.75 Å². The number of halogens is 2. The van der Waals surface area contributed by atoms with E-state index in [9.17, 15) is 0 Å². The van der Waals surface area contributed by atoms with Crippen molar-refractivity contribution in [1.82, 2.24) is 0 Å². The fourth-order valence-electron chi connectivity index (χ4n) is 2.06. The monoisotopic (exact) mass is 422 g/mol. The van der Waals surface area contributed by atoms with E-state index in [0.717, 1.165) is 14.7 Å². The van der Waals surface area contributed by atoms with Crippen LogP contribution in [0.5, 0.6) is 5.75 Å². The topological polar surface area (TPSA) is 9.23 Å². The standard InChI is InChI=1S/C17H12Br2OS/c1-20-14-8-4-12(5-9-14)17-15(19)10-16(21-17)11-2-6-13(18)7-3-11/h2-10H,1H3. The van der Waals surface area contributed by atoms with E-state index in [1.807, 2.05) is 12.1 Å². The number of methoxy groups -OCH3 is 1. The number of benzene rings is 2. The lowest BCUT2D eigenvalue weighted by atomic mass is 10.1. The van der Waals surface area contributed by atoms with E-state index in [2.05, 4.69) is 74.3 Å². The molecule has 106 valence electrons. The average Bonchev–Trinajstić information content (AvgIpc) is 2.90. The second-order valence-corrected chi connectivity index (χ2v) is 7.35. The minimum atomic E-state index is 0.875. The predicted molar refractivity (Wildman–Crippen MR) is 97.1 cm³/mol. The molecule has 3 rings (SSSR count). The Kier molecular flexibility index (Phi) is 4.48. The molecule has 1 nitrogen and oxygen atoms in total. The third-order valence-electron chi connectivity index (χ3n) is 3.17. The zero-order valence-electron chi connectivity index (χ0n) is 11.3. The molecule has 0 aliphatic carbocycles. The van der Waals surface area contributed by atoms with E-state index in [4.69, 9.17) is 4.74 Å². The number of rotatable bonds is 3. The zero-order valence-corrected chi connectivity index (χ0v) is 15.3. The van der Waals surface area contributed by atoms with E-state index in [1.165, 1.54) is 20.9 Å². The van der Waals surface area contributed by atoms with E-state index in [0.29, 0.717) is 0 Å². The molecule has 4 heteroatoms. The summed E-state index contributed by atoms with van der Waals surface area (Å²) in [5, 5.41) is 0. The Bertz CT molecular complexity index is 745. The zero-order chi connectivity index (χ0) is 14.8. The molecular weight excluding hydrogens is 412 g/mol. The van der Waals surface area contributed by atoms with Crippen molar-refractivity contribution in [3.05, 3.63) is 63.5 Å². The average molecular weight is 424 g/mol. The van der Waals surface area contributed by atoms with Crippen LogP contribution in [-0.2, 0) is 0 Å². The summed E-state index contributed by atoms with van der Waals surface area (Å²) in [7, 11) is 1.68. The Balaban J connectivity index is 1.98. The van der Waals surface area contributed by atoms with Gasteiger partial charge in [0.25, 0.3) is 0 Å². The van der Waals surface area contributed by atoms with E-state index >= 15 is 0 Å². The highest BCUT2D eigenvalue weighted by atomic mass is 79.9. The molecule has 0 saturated carbocycles. The summed E-state index contributed by atoms with van der Waals surface area (Å²) in [6.07, 6.45) is 0. The molecule has 21 heavy (non-hydrogen) atoms. The summed E-state index contributed by atoms with van der Waals surface area (Å²) < 4.78 is 7.42. The molecule has 0 N–H and O–H groups in total. The molecule has 0 radical (unpaired) electrons. The van der Waals surface area contributed by atoms with Crippen molar-refractivity contribution in [2.45, 2.75) is 0 Å². The van der Waals surface area contributed by atoms with Crippen molar-refractivity contribution in [3.63, 3.8) is 0 Å². The lowest BCUT2D eigenvalue weighted by Crippen LogP contribution is -1.81. The van der Waals surface area contributed by atoms with Crippen molar-refractivity contribution in [3.8, 4) is 26.6 Å². The first-order valence-electron chi connectivity index (χ1n) is 6.37. The molecule has 0 amide bonds. The third-order valence-corrected chi connectivity index (χ3v) is 5.82. The van der Waals surface area contributed by atoms with Crippen LogP contribution in [0.4, 0.5) is 0 Å². The van der Waals surface area contributed by atoms with E-state index < -0.39 is 0 Å². The minimum absolute atomic E-state index is 0.875. The van der Waals surface area contributed by atoms with Gasteiger partial charge in [0.05, 0.1) is 7.11 Å². The molecular formula is C17H12Br2OS. The number of ether oxygens (including phenoxy) is 1. The number of hydrogen-bond acceptors (Lipinski definition) is 2. The number of thiophene rings is 1. The van der Waals surface area contributed by atoms with Crippen molar-refractivity contribution in [2.24, 2.45) is 0 Å². The van der Waals surface area contributed by atoms with Crippen LogP contribution in [-0.4, -0.2) is 7.11 Å². The largest absolute Gasteiger partial charge is 0.497 e. The molecule has 3 aromatic rings. The molecule has 0 atom stereocenters. The maximum absolute atomic E-state index is 5.21. The van der Waals surface area contributed by atoms with Crippen LogP contribution in [0.2, 0.25) is 0 Å². The second kappa shape index (κ2) is 6.34. The van der Waals surface area contributed by atoms with Crippen molar-refractivity contribution in [2.75, 3.05) is 7.11 Å². The maximum atomic E-state index is 5.21. The lowest BCUT2D eigenvalue weighted by molar-refractivity contribution is 0.415. The minimum Gasteiger partial charge on any atom is -0.497 e. The van der Waals surface area contributed by atoms with Gasteiger partial charge in [0.15, 0.2) is 0 Å². The molecule has 0 fully saturated rings.